The first kappa shape index (κ1) is 14.7. The summed E-state index contributed by atoms with van der Waals surface area (Å²) >= 11 is 3.41. The summed E-state index contributed by atoms with van der Waals surface area (Å²) in [6.07, 6.45) is 0.602. The summed E-state index contributed by atoms with van der Waals surface area (Å²) in [6.45, 7) is 6.34. The van der Waals surface area contributed by atoms with Crippen LogP contribution >= 0.6 is 15.9 Å². The molecule has 1 heterocycles. The SMILES string of the molecule is CC1CN(C)CCN1CCC(=O)c1cccc(Br)c1. The van der Waals surface area contributed by atoms with E-state index in [9.17, 15) is 4.79 Å². The number of hydrogen-bond acceptors (Lipinski definition) is 3. The lowest BCUT2D eigenvalue weighted by molar-refractivity contribution is 0.0843. The van der Waals surface area contributed by atoms with Gasteiger partial charge >= 0.3 is 0 Å². The summed E-state index contributed by atoms with van der Waals surface area (Å²) in [5.41, 5.74) is 0.802. The molecule has 0 saturated carbocycles. The van der Waals surface area contributed by atoms with Gasteiger partial charge in [0.2, 0.25) is 0 Å². The molecule has 0 radical (unpaired) electrons. The van der Waals surface area contributed by atoms with E-state index >= 15 is 0 Å². The van der Waals surface area contributed by atoms with Gasteiger partial charge in [-0.2, -0.15) is 0 Å². The zero-order valence-corrected chi connectivity index (χ0v) is 13.2. The van der Waals surface area contributed by atoms with Crippen molar-refractivity contribution in [2.24, 2.45) is 0 Å². The second-order valence-electron chi connectivity index (χ2n) is 5.33. The van der Waals surface area contributed by atoms with Crippen LogP contribution in [0.2, 0.25) is 0 Å². The zero-order valence-electron chi connectivity index (χ0n) is 11.6. The Balaban J connectivity index is 1.87. The number of ketones is 1. The van der Waals surface area contributed by atoms with E-state index < -0.39 is 0 Å². The Hall–Kier alpha value is -0.710. The van der Waals surface area contributed by atoms with E-state index in [0.29, 0.717) is 12.5 Å². The van der Waals surface area contributed by atoms with Crippen LogP contribution in [-0.4, -0.2) is 54.9 Å². The van der Waals surface area contributed by atoms with Gasteiger partial charge in [0.15, 0.2) is 5.78 Å². The van der Waals surface area contributed by atoms with E-state index in [1.807, 2.05) is 24.3 Å². The Morgan fingerprint density at radius 1 is 1.42 bits per heavy atom. The number of carbonyl (C=O) groups is 1. The molecule has 0 N–H and O–H groups in total. The zero-order chi connectivity index (χ0) is 13.8. The van der Waals surface area contributed by atoms with Crippen LogP contribution < -0.4 is 0 Å². The highest BCUT2D eigenvalue weighted by molar-refractivity contribution is 9.10. The van der Waals surface area contributed by atoms with Crippen LogP contribution in [0.5, 0.6) is 0 Å². The Morgan fingerprint density at radius 2 is 2.21 bits per heavy atom. The summed E-state index contributed by atoms with van der Waals surface area (Å²) in [5, 5.41) is 0. The largest absolute Gasteiger partial charge is 0.304 e. The van der Waals surface area contributed by atoms with Crippen molar-refractivity contribution in [3.05, 3.63) is 34.3 Å². The minimum atomic E-state index is 0.229. The number of nitrogens with zero attached hydrogens (tertiary/aromatic N) is 2. The van der Waals surface area contributed by atoms with Gasteiger partial charge in [-0.1, -0.05) is 28.1 Å². The fourth-order valence-electron chi connectivity index (χ4n) is 2.56. The van der Waals surface area contributed by atoms with Crippen LogP contribution in [-0.2, 0) is 0 Å². The molecule has 1 fully saturated rings. The highest BCUT2D eigenvalue weighted by Gasteiger charge is 2.21. The Bertz CT molecular complexity index is 450. The van der Waals surface area contributed by atoms with E-state index in [-0.39, 0.29) is 5.78 Å². The van der Waals surface area contributed by atoms with Gasteiger partial charge in [-0.3, -0.25) is 9.69 Å². The van der Waals surface area contributed by atoms with Crippen molar-refractivity contribution in [3.63, 3.8) is 0 Å². The number of benzene rings is 1. The molecule has 1 aliphatic rings. The van der Waals surface area contributed by atoms with Crippen LogP contribution in [0.15, 0.2) is 28.7 Å². The van der Waals surface area contributed by atoms with Crippen LogP contribution in [0, 0.1) is 0 Å². The van der Waals surface area contributed by atoms with E-state index in [0.717, 1.165) is 36.2 Å². The summed E-state index contributed by atoms with van der Waals surface area (Å²) in [6, 6.07) is 8.18. The number of halogens is 1. The van der Waals surface area contributed by atoms with Gasteiger partial charge in [0, 0.05) is 48.7 Å². The maximum atomic E-state index is 12.2. The van der Waals surface area contributed by atoms with Crippen LogP contribution in [0.3, 0.4) is 0 Å². The molecule has 0 aromatic heterocycles. The molecule has 0 aliphatic carbocycles. The van der Waals surface area contributed by atoms with Crippen LogP contribution in [0.25, 0.3) is 0 Å². The summed E-state index contributed by atoms with van der Waals surface area (Å²) in [7, 11) is 2.15. The minimum absolute atomic E-state index is 0.229. The lowest BCUT2D eigenvalue weighted by Crippen LogP contribution is -2.50. The van der Waals surface area contributed by atoms with Crippen molar-refractivity contribution < 1.29 is 4.79 Å². The molecule has 104 valence electrons. The molecule has 1 saturated heterocycles. The third-order valence-corrected chi connectivity index (χ3v) is 4.23. The highest BCUT2D eigenvalue weighted by atomic mass is 79.9. The molecule has 1 atom stereocenters. The molecule has 19 heavy (non-hydrogen) atoms. The number of piperazine rings is 1. The lowest BCUT2D eigenvalue weighted by Gasteiger charge is -2.38. The molecule has 1 aromatic rings. The topological polar surface area (TPSA) is 23.6 Å². The summed E-state index contributed by atoms with van der Waals surface area (Å²) in [4.78, 5) is 16.9. The molecule has 0 bridgehead atoms. The van der Waals surface area contributed by atoms with E-state index in [2.05, 4.69) is 39.7 Å². The fraction of sp³-hybridized carbons (Fsp3) is 0.533. The third-order valence-electron chi connectivity index (χ3n) is 3.74. The predicted molar refractivity (Wildman–Crippen MR) is 81.6 cm³/mol. The van der Waals surface area contributed by atoms with Gasteiger partial charge in [-0.05, 0) is 26.1 Å². The molecule has 2 rings (SSSR count). The first-order valence-electron chi connectivity index (χ1n) is 6.77. The summed E-state index contributed by atoms with van der Waals surface area (Å²) in [5.74, 6) is 0.229. The van der Waals surface area contributed by atoms with Gasteiger partial charge in [0.1, 0.15) is 0 Å². The molecule has 1 unspecified atom stereocenters. The van der Waals surface area contributed by atoms with Crippen molar-refractivity contribution in [2.45, 2.75) is 19.4 Å². The standard InChI is InChI=1S/C15H21BrN2O/c1-12-11-17(2)8-9-18(12)7-6-15(19)13-4-3-5-14(16)10-13/h3-5,10,12H,6-9,11H2,1-2H3. The van der Waals surface area contributed by atoms with Crippen molar-refractivity contribution in [1.29, 1.82) is 0 Å². The summed E-state index contributed by atoms with van der Waals surface area (Å²) < 4.78 is 0.964. The highest BCUT2D eigenvalue weighted by Crippen LogP contribution is 2.14. The number of hydrogen-bond donors (Lipinski definition) is 0. The Morgan fingerprint density at radius 3 is 2.89 bits per heavy atom. The maximum absolute atomic E-state index is 12.2. The maximum Gasteiger partial charge on any atom is 0.164 e. The quantitative estimate of drug-likeness (QED) is 0.795. The van der Waals surface area contributed by atoms with Crippen LogP contribution in [0.4, 0.5) is 0 Å². The average molecular weight is 325 g/mol. The Kier molecular flexibility index (Phi) is 5.13. The minimum Gasteiger partial charge on any atom is -0.304 e. The monoisotopic (exact) mass is 324 g/mol. The van der Waals surface area contributed by atoms with Crippen molar-refractivity contribution in [3.8, 4) is 0 Å². The van der Waals surface area contributed by atoms with E-state index in [1.165, 1.54) is 0 Å². The predicted octanol–water partition coefficient (Wildman–Crippen LogP) is 2.66. The van der Waals surface area contributed by atoms with Gasteiger partial charge in [-0.25, -0.2) is 0 Å². The normalized spacial score (nSPS) is 21.5. The van der Waals surface area contributed by atoms with Crippen molar-refractivity contribution >= 4 is 21.7 Å². The first-order valence-corrected chi connectivity index (χ1v) is 7.57. The molecule has 0 amide bonds. The smallest absolute Gasteiger partial charge is 0.164 e. The molecule has 0 spiro atoms. The molecule has 3 nitrogen and oxygen atoms in total. The fourth-order valence-corrected chi connectivity index (χ4v) is 2.96. The molecule has 1 aliphatic heterocycles. The number of carbonyl (C=O) groups excluding carboxylic acids is 1. The third kappa shape index (κ3) is 4.13. The molecule has 1 aromatic carbocycles. The van der Waals surface area contributed by atoms with Gasteiger partial charge in [0.05, 0.1) is 0 Å². The molecular weight excluding hydrogens is 304 g/mol. The van der Waals surface area contributed by atoms with Crippen molar-refractivity contribution in [2.75, 3.05) is 33.2 Å². The van der Waals surface area contributed by atoms with Gasteiger partial charge < -0.3 is 4.90 Å². The first-order chi connectivity index (χ1) is 9.06. The van der Waals surface area contributed by atoms with Crippen molar-refractivity contribution in [1.82, 2.24) is 9.80 Å². The second-order valence-corrected chi connectivity index (χ2v) is 6.25. The Labute approximate surface area is 123 Å². The average Bonchev–Trinajstić information content (AvgIpc) is 2.37. The number of rotatable bonds is 4. The van der Waals surface area contributed by atoms with Crippen LogP contribution in [0.1, 0.15) is 23.7 Å². The second kappa shape index (κ2) is 6.64. The van der Waals surface area contributed by atoms with Gasteiger partial charge in [-0.15, -0.1) is 0 Å². The van der Waals surface area contributed by atoms with Gasteiger partial charge in [0.25, 0.3) is 0 Å². The molecular formula is C15H21BrN2O. The number of Topliss-reactive ketones (excluding diaryl/α,β-unsaturated/α-hetero) is 1. The van der Waals surface area contributed by atoms with E-state index in [1.54, 1.807) is 0 Å². The lowest BCUT2D eigenvalue weighted by atomic mass is 10.1. The van der Waals surface area contributed by atoms with E-state index in [4.69, 9.17) is 0 Å². The number of likely N-dealkylation sites (N-methyl/N-ethyl adjacent to an activating group) is 1. The molecule has 4 heteroatoms.